The first kappa shape index (κ1) is 25.6. The lowest BCUT2D eigenvalue weighted by Gasteiger charge is -2.38. The predicted octanol–water partition coefficient (Wildman–Crippen LogP) is 2.43. The van der Waals surface area contributed by atoms with Gasteiger partial charge in [-0.15, -0.1) is 0 Å². The van der Waals surface area contributed by atoms with Crippen LogP contribution in [0.5, 0.6) is 0 Å². The molecule has 8 nitrogen and oxygen atoms in total. The van der Waals surface area contributed by atoms with Crippen LogP contribution in [-0.2, 0) is 25.5 Å². The van der Waals surface area contributed by atoms with Crippen LogP contribution in [0.4, 0.5) is 0 Å². The topological polar surface area (TPSA) is 99.8 Å². The van der Waals surface area contributed by atoms with Crippen LogP contribution in [0, 0.1) is 5.41 Å². The van der Waals surface area contributed by atoms with Crippen LogP contribution in [0.25, 0.3) is 0 Å². The number of carbonyl (C=O) groups excluding carboxylic acids is 3. The van der Waals surface area contributed by atoms with Crippen LogP contribution in [0.1, 0.15) is 76.5 Å². The predicted molar refractivity (Wildman–Crippen MR) is 133 cm³/mol. The Labute approximate surface area is 208 Å². The minimum Gasteiger partial charge on any atom is -0.358 e. The SMILES string of the molecule is CCC1(CC)C[C@@H]2OCC[C@H](NC(=O)[C@H](C)NC)C(=O)N2[C@H]1C(=O)N[C@@H]1CCCc2ccccc21. The van der Waals surface area contributed by atoms with Gasteiger partial charge in [-0.05, 0) is 57.2 Å². The first-order chi connectivity index (χ1) is 16.8. The molecule has 2 saturated heterocycles. The monoisotopic (exact) mass is 484 g/mol. The Bertz CT molecular complexity index is 947. The lowest BCUT2D eigenvalue weighted by atomic mass is 9.74. The minimum absolute atomic E-state index is 0.0621. The lowest BCUT2D eigenvalue weighted by Crippen LogP contribution is -2.59. The summed E-state index contributed by atoms with van der Waals surface area (Å²) in [4.78, 5) is 42.0. The summed E-state index contributed by atoms with van der Waals surface area (Å²) < 4.78 is 6.14. The Morgan fingerprint density at radius 3 is 2.60 bits per heavy atom. The molecule has 4 rings (SSSR count). The van der Waals surface area contributed by atoms with Crippen LogP contribution in [-0.4, -0.2) is 60.6 Å². The van der Waals surface area contributed by atoms with Gasteiger partial charge in [0.15, 0.2) is 0 Å². The Morgan fingerprint density at radius 2 is 1.89 bits per heavy atom. The zero-order valence-corrected chi connectivity index (χ0v) is 21.4. The second kappa shape index (κ2) is 10.7. The molecule has 3 aliphatic rings. The third-order valence-electron chi connectivity index (χ3n) is 8.50. The van der Waals surface area contributed by atoms with E-state index in [0.29, 0.717) is 19.4 Å². The van der Waals surface area contributed by atoms with Gasteiger partial charge in [-0.25, -0.2) is 0 Å². The molecule has 0 spiro atoms. The van der Waals surface area contributed by atoms with Gasteiger partial charge in [0.05, 0.1) is 18.7 Å². The highest BCUT2D eigenvalue weighted by molar-refractivity contribution is 5.94. The summed E-state index contributed by atoms with van der Waals surface area (Å²) in [6, 6.07) is 6.46. The number of ether oxygens (including phenoxy) is 1. The summed E-state index contributed by atoms with van der Waals surface area (Å²) in [7, 11) is 1.71. The summed E-state index contributed by atoms with van der Waals surface area (Å²) in [6.45, 7) is 6.29. The zero-order chi connectivity index (χ0) is 25.2. The van der Waals surface area contributed by atoms with Crippen molar-refractivity contribution in [2.45, 2.75) is 96.1 Å². The summed E-state index contributed by atoms with van der Waals surface area (Å²) in [6.07, 6.45) is 5.01. The second-order valence-electron chi connectivity index (χ2n) is 10.3. The van der Waals surface area contributed by atoms with Crippen molar-refractivity contribution in [3.8, 4) is 0 Å². The summed E-state index contributed by atoms with van der Waals surface area (Å²) in [5, 5.41) is 9.11. The molecule has 2 aliphatic heterocycles. The zero-order valence-electron chi connectivity index (χ0n) is 21.4. The largest absolute Gasteiger partial charge is 0.358 e. The van der Waals surface area contributed by atoms with Crippen molar-refractivity contribution in [3.63, 3.8) is 0 Å². The van der Waals surface area contributed by atoms with E-state index in [9.17, 15) is 14.4 Å². The molecule has 0 saturated carbocycles. The van der Waals surface area contributed by atoms with Gasteiger partial charge in [0, 0.05) is 18.3 Å². The average Bonchev–Trinajstić information content (AvgIpc) is 3.14. The first-order valence-electron chi connectivity index (χ1n) is 13.1. The highest BCUT2D eigenvalue weighted by Gasteiger charge is 2.57. The number of amides is 3. The van der Waals surface area contributed by atoms with Crippen LogP contribution in [0.2, 0.25) is 0 Å². The highest BCUT2D eigenvalue weighted by atomic mass is 16.5. The number of fused-ring (bicyclic) bond motifs is 2. The maximum absolute atomic E-state index is 14.0. The number of hydrogen-bond acceptors (Lipinski definition) is 5. The molecule has 0 aromatic heterocycles. The Balaban J connectivity index is 1.62. The molecule has 2 fully saturated rings. The van der Waals surface area contributed by atoms with Crippen LogP contribution in [0.3, 0.4) is 0 Å². The molecule has 2 heterocycles. The van der Waals surface area contributed by atoms with E-state index in [4.69, 9.17) is 4.74 Å². The fourth-order valence-corrected chi connectivity index (χ4v) is 6.10. The first-order valence-corrected chi connectivity index (χ1v) is 13.1. The molecule has 1 aromatic carbocycles. The summed E-state index contributed by atoms with van der Waals surface area (Å²) >= 11 is 0. The van der Waals surface area contributed by atoms with E-state index in [2.05, 4.69) is 41.9 Å². The fraction of sp³-hybridized carbons (Fsp3) is 0.667. The molecule has 3 N–H and O–H groups in total. The Kier molecular flexibility index (Phi) is 7.81. The van der Waals surface area contributed by atoms with Crippen molar-refractivity contribution in [3.05, 3.63) is 35.4 Å². The third-order valence-corrected chi connectivity index (χ3v) is 8.50. The lowest BCUT2D eigenvalue weighted by molar-refractivity contribution is -0.150. The van der Waals surface area contributed by atoms with Gasteiger partial charge < -0.3 is 25.6 Å². The molecule has 35 heavy (non-hydrogen) atoms. The van der Waals surface area contributed by atoms with Crippen molar-refractivity contribution in [1.29, 1.82) is 0 Å². The maximum Gasteiger partial charge on any atom is 0.247 e. The van der Waals surface area contributed by atoms with Crippen LogP contribution < -0.4 is 16.0 Å². The molecular weight excluding hydrogens is 444 g/mol. The van der Waals surface area contributed by atoms with Gasteiger partial charge in [-0.1, -0.05) is 38.1 Å². The second-order valence-corrected chi connectivity index (χ2v) is 10.3. The van der Waals surface area contributed by atoms with E-state index in [0.717, 1.165) is 32.1 Å². The number of carbonyl (C=O) groups is 3. The molecule has 0 bridgehead atoms. The van der Waals surface area contributed by atoms with E-state index in [1.807, 2.05) is 12.1 Å². The van der Waals surface area contributed by atoms with E-state index >= 15 is 0 Å². The van der Waals surface area contributed by atoms with E-state index in [1.165, 1.54) is 11.1 Å². The Hall–Kier alpha value is -2.45. The quantitative estimate of drug-likeness (QED) is 0.552. The number of nitrogens with zero attached hydrogens (tertiary/aromatic N) is 1. The third kappa shape index (κ3) is 4.83. The minimum atomic E-state index is -0.710. The maximum atomic E-state index is 14.0. The molecule has 192 valence electrons. The van der Waals surface area contributed by atoms with E-state index < -0.39 is 24.4 Å². The number of aryl methyl sites for hydroxylation is 1. The summed E-state index contributed by atoms with van der Waals surface area (Å²) in [5.74, 6) is -0.580. The van der Waals surface area contributed by atoms with Crippen molar-refractivity contribution in [1.82, 2.24) is 20.9 Å². The van der Waals surface area contributed by atoms with Crippen molar-refractivity contribution >= 4 is 17.7 Å². The molecular formula is C27H40N4O4. The number of likely N-dealkylation sites (N-methyl/N-ethyl adjacent to an activating group) is 1. The Morgan fingerprint density at radius 1 is 1.14 bits per heavy atom. The van der Waals surface area contributed by atoms with Gasteiger partial charge >= 0.3 is 0 Å². The van der Waals surface area contributed by atoms with E-state index in [-0.39, 0.29) is 29.2 Å². The van der Waals surface area contributed by atoms with Gasteiger partial charge in [-0.2, -0.15) is 0 Å². The molecule has 3 amide bonds. The molecule has 0 unspecified atom stereocenters. The highest BCUT2D eigenvalue weighted by Crippen LogP contribution is 2.48. The van der Waals surface area contributed by atoms with Gasteiger partial charge in [0.2, 0.25) is 17.7 Å². The van der Waals surface area contributed by atoms with Crippen molar-refractivity contribution in [2.24, 2.45) is 5.41 Å². The molecule has 0 radical (unpaired) electrons. The molecule has 5 atom stereocenters. The molecule has 1 aromatic rings. The average molecular weight is 485 g/mol. The molecule has 1 aliphatic carbocycles. The van der Waals surface area contributed by atoms with Crippen LogP contribution >= 0.6 is 0 Å². The standard InChI is InChI=1S/C27H40N4O4/c1-5-27(6-2)16-22-31(26(34)21(14-15-35-22)30-24(32)17(3)28-4)23(27)25(33)29-20-13-9-11-18-10-7-8-12-19(18)20/h7-8,10,12,17,20-23,28H,5-6,9,11,13-16H2,1-4H3,(H,29,33)(H,30,32)/t17-,20+,21-,22-,23-/m0/s1. The number of rotatable bonds is 7. The fourth-order valence-electron chi connectivity index (χ4n) is 6.10. The molecule has 8 heteroatoms. The van der Waals surface area contributed by atoms with Crippen molar-refractivity contribution in [2.75, 3.05) is 13.7 Å². The number of nitrogens with one attached hydrogen (secondary N) is 3. The smallest absolute Gasteiger partial charge is 0.247 e. The van der Waals surface area contributed by atoms with Crippen LogP contribution in [0.15, 0.2) is 24.3 Å². The summed E-state index contributed by atoms with van der Waals surface area (Å²) in [5.41, 5.74) is 2.08. The number of benzene rings is 1. The van der Waals surface area contributed by atoms with Crippen molar-refractivity contribution < 1.29 is 19.1 Å². The van der Waals surface area contributed by atoms with Gasteiger partial charge in [0.1, 0.15) is 18.3 Å². The normalized spacial score (nSPS) is 28.5. The van der Waals surface area contributed by atoms with Gasteiger partial charge in [-0.3, -0.25) is 14.4 Å². The number of hydrogen-bond donors (Lipinski definition) is 3. The van der Waals surface area contributed by atoms with E-state index in [1.54, 1.807) is 18.9 Å². The van der Waals surface area contributed by atoms with Gasteiger partial charge in [0.25, 0.3) is 0 Å².